The van der Waals surface area contributed by atoms with Gasteiger partial charge in [0, 0.05) is 6.04 Å². The molecule has 0 radical (unpaired) electrons. The van der Waals surface area contributed by atoms with Crippen molar-refractivity contribution in [3.05, 3.63) is 59.7 Å². The molecule has 2 aromatic rings. The predicted octanol–water partition coefficient (Wildman–Crippen LogP) is 3.26. The summed E-state index contributed by atoms with van der Waals surface area (Å²) in [6.45, 7) is 1.98. The van der Waals surface area contributed by atoms with Gasteiger partial charge in [0.05, 0.1) is 6.42 Å². The smallest absolute Gasteiger partial charge is 0.305 e. The van der Waals surface area contributed by atoms with Gasteiger partial charge in [0.2, 0.25) is 0 Å². The Morgan fingerprint density at radius 2 is 1.85 bits per heavy atom. The van der Waals surface area contributed by atoms with Gasteiger partial charge in [0.15, 0.2) is 0 Å². The summed E-state index contributed by atoms with van der Waals surface area (Å²) in [5.74, 6) is 0.596. The fourth-order valence-electron chi connectivity index (χ4n) is 1.89. The maximum atomic E-state index is 10.6. The summed E-state index contributed by atoms with van der Waals surface area (Å²) < 4.78 is 5.77. The number of carbonyl (C=O) groups is 1. The van der Waals surface area contributed by atoms with E-state index in [0.29, 0.717) is 5.75 Å². The lowest BCUT2D eigenvalue weighted by molar-refractivity contribution is -0.137. The van der Waals surface area contributed by atoms with Gasteiger partial charge in [-0.15, -0.1) is 0 Å². The zero-order valence-corrected chi connectivity index (χ0v) is 11.2. The van der Waals surface area contributed by atoms with Gasteiger partial charge in [-0.2, -0.15) is 0 Å². The normalized spacial score (nSPS) is 11.9. The summed E-state index contributed by atoms with van der Waals surface area (Å²) in [6.07, 6.45) is -0.0853. The van der Waals surface area contributed by atoms with E-state index in [1.54, 1.807) is 24.3 Å². The molecule has 0 aliphatic carbocycles. The lowest BCUT2D eigenvalue weighted by Crippen LogP contribution is -2.14. The quantitative estimate of drug-likeness (QED) is 0.875. The molecule has 1 atom stereocenters. The summed E-state index contributed by atoms with van der Waals surface area (Å²) in [5.41, 5.74) is 7.64. The van der Waals surface area contributed by atoms with E-state index in [1.807, 2.05) is 31.2 Å². The Kier molecular flexibility index (Phi) is 4.38. The molecule has 0 spiro atoms. The van der Waals surface area contributed by atoms with Crippen LogP contribution in [0.15, 0.2) is 48.5 Å². The molecule has 4 heteroatoms. The molecule has 4 nitrogen and oxygen atoms in total. The molecule has 2 rings (SSSR count). The molecule has 0 saturated heterocycles. The lowest BCUT2D eigenvalue weighted by atomic mass is 10.0. The molecule has 0 bridgehead atoms. The van der Waals surface area contributed by atoms with E-state index in [4.69, 9.17) is 15.6 Å². The van der Waals surface area contributed by atoms with Crippen LogP contribution in [-0.2, 0) is 4.79 Å². The number of rotatable bonds is 5. The fraction of sp³-hybridized carbons (Fsp3) is 0.188. The first-order valence-corrected chi connectivity index (χ1v) is 6.37. The van der Waals surface area contributed by atoms with E-state index >= 15 is 0 Å². The summed E-state index contributed by atoms with van der Waals surface area (Å²) in [6, 6.07) is 14.4. The summed E-state index contributed by atoms with van der Waals surface area (Å²) >= 11 is 0. The molecule has 0 aliphatic heterocycles. The van der Waals surface area contributed by atoms with E-state index < -0.39 is 12.0 Å². The van der Waals surface area contributed by atoms with Gasteiger partial charge in [0.25, 0.3) is 0 Å². The van der Waals surface area contributed by atoms with Crippen molar-refractivity contribution in [3.8, 4) is 11.5 Å². The van der Waals surface area contributed by atoms with E-state index in [1.165, 1.54) is 0 Å². The van der Waals surface area contributed by atoms with Gasteiger partial charge < -0.3 is 15.6 Å². The number of aryl methyl sites for hydroxylation is 1. The zero-order chi connectivity index (χ0) is 14.5. The first kappa shape index (κ1) is 14.1. The Labute approximate surface area is 117 Å². The summed E-state index contributed by atoms with van der Waals surface area (Å²) in [7, 11) is 0. The summed E-state index contributed by atoms with van der Waals surface area (Å²) in [5, 5.41) is 8.72. The number of benzene rings is 2. The van der Waals surface area contributed by atoms with Crippen LogP contribution in [0, 0.1) is 6.92 Å². The molecule has 0 heterocycles. The topological polar surface area (TPSA) is 72.5 Å². The Bertz CT molecular complexity index is 593. The number of ether oxygens (including phenoxy) is 1. The maximum absolute atomic E-state index is 10.6. The van der Waals surface area contributed by atoms with Crippen LogP contribution in [0.4, 0.5) is 0 Å². The maximum Gasteiger partial charge on any atom is 0.305 e. The van der Waals surface area contributed by atoms with Crippen LogP contribution in [0.5, 0.6) is 11.5 Å². The number of hydrogen-bond acceptors (Lipinski definition) is 3. The number of hydrogen-bond donors (Lipinski definition) is 2. The highest BCUT2D eigenvalue weighted by molar-refractivity contribution is 5.67. The van der Waals surface area contributed by atoms with Crippen LogP contribution in [0.25, 0.3) is 0 Å². The van der Waals surface area contributed by atoms with Crippen molar-refractivity contribution in [2.45, 2.75) is 19.4 Å². The SMILES string of the molecule is Cc1ccccc1Oc1ccc([C@@H](N)CC(=O)O)cc1. The van der Waals surface area contributed by atoms with E-state index in [0.717, 1.165) is 16.9 Å². The molecule has 0 amide bonds. The van der Waals surface area contributed by atoms with Crippen LogP contribution >= 0.6 is 0 Å². The minimum Gasteiger partial charge on any atom is -0.481 e. The van der Waals surface area contributed by atoms with E-state index in [2.05, 4.69) is 0 Å². The second-order valence-electron chi connectivity index (χ2n) is 4.64. The highest BCUT2D eigenvalue weighted by Crippen LogP contribution is 2.26. The monoisotopic (exact) mass is 271 g/mol. The van der Waals surface area contributed by atoms with Gasteiger partial charge in [-0.1, -0.05) is 30.3 Å². The Morgan fingerprint density at radius 3 is 2.45 bits per heavy atom. The third kappa shape index (κ3) is 3.59. The number of nitrogens with two attached hydrogens (primary N) is 1. The molecule has 0 aliphatic rings. The third-order valence-corrected chi connectivity index (χ3v) is 3.02. The fourth-order valence-corrected chi connectivity index (χ4v) is 1.89. The minimum atomic E-state index is -0.905. The highest BCUT2D eigenvalue weighted by atomic mass is 16.5. The Balaban J connectivity index is 2.09. The first-order chi connectivity index (χ1) is 9.56. The van der Waals surface area contributed by atoms with Gasteiger partial charge in [0.1, 0.15) is 11.5 Å². The van der Waals surface area contributed by atoms with E-state index in [-0.39, 0.29) is 6.42 Å². The summed E-state index contributed by atoms with van der Waals surface area (Å²) in [4.78, 5) is 10.6. The average molecular weight is 271 g/mol. The molecule has 104 valence electrons. The molecule has 20 heavy (non-hydrogen) atoms. The van der Waals surface area contributed by atoms with Crippen LogP contribution < -0.4 is 10.5 Å². The van der Waals surface area contributed by atoms with Gasteiger partial charge in [-0.25, -0.2) is 0 Å². The van der Waals surface area contributed by atoms with Crippen molar-refractivity contribution < 1.29 is 14.6 Å². The number of carboxylic acids is 1. The molecule has 2 aromatic carbocycles. The van der Waals surface area contributed by atoms with Gasteiger partial charge in [-0.3, -0.25) is 4.79 Å². The van der Waals surface area contributed by atoms with Crippen molar-refractivity contribution in [1.82, 2.24) is 0 Å². The van der Waals surface area contributed by atoms with Gasteiger partial charge >= 0.3 is 5.97 Å². The molecule has 0 fully saturated rings. The van der Waals surface area contributed by atoms with Crippen LogP contribution in [0.3, 0.4) is 0 Å². The molecule has 0 aromatic heterocycles. The zero-order valence-electron chi connectivity index (χ0n) is 11.2. The lowest BCUT2D eigenvalue weighted by Gasteiger charge is -2.11. The van der Waals surface area contributed by atoms with Crippen molar-refractivity contribution in [3.63, 3.8) is 0 Å². The second-order valence-corrected chi connectivity index (χ2v) is 4.64. The first-order valence-electron chi connectivity index (χ1n) is 6.37. The predicted molar refractivity (Wildman–Crippen MR) is 76.9 cm³/mol. The third-order valence-electron chi connectivity index (χ3n) is 3.02. The van der Waals surface area contributed by atoms with Crippen LogP contribution in [0.1, 0.15) is 23.6 Å². The van der Waals surface area contributed by atoms with Crippen molar-refractivity contribution >= 4 is 5.97 Å². The molecule has 3 N–H and O–H groups in total. The molecular formula is C16H17NO3. The Hall–Kier alpha value is -2.33. The number of aliphatic carboxylic acids is 1. The van der Waals surface area contributed by atoms with Crippen molar-refractivity contribution in [2.75, 3.05) is 0 Å². The highest BCUT2D eigenvalue weighted by Gasteiger charge is 2.10. The minimum absolute atomic E-state index is 0.0853. The number of carboxylic acid groups (broad SMARTS) is 1. The standard InChI is InChI=1S/C16H17NO3/c1-11-4-2-3-5-15(11)20-13-8-6-12(7-9-13)14(17)10-16(18)19/h2-9,14H,10,17H2,1H3,(H,18,19)/t14-/m0/s1. The van der Waals surface area contributed by atoms with Crippen LogP contribution in [0.2, 0.25) is 0 Å². The average Bonchev–Trinajstić information content (AvgIpc) is 2.41. The van der Waals surface area contributed by atoms with E-state index in [9.17, 15) is 4.79 Å². The molecule has 0 saturated carbocycles. The second kappa shape index (κ2) is 6.21. The van der Waals surface area contributed by atoms with Gasteiger partial charge in [-0.05, 0) is 36.2 Å². The molecule has 0 unspecified atom stereocenters. The largest absolute Gasteiger partial charge is 0.481 e. The van der Waals surface area contributed by atoms with Crippen LogP contribution in [-0.4, -0.2) is 11.1 Å². The number of para-hydroxylation sites is 1. The molecular weight excluding hydrogens is 254 g/mol. The van der Waals surface area contributed by atoms with Crippen molar-refractivity contribution in [2.24, 2.45) is 5.73 Å². The Morgan fingerprint density at radius 1 is 1.20 bits per heavy atom. The van der Waals surface area contributed by atoms with Crippen molar-refractivity contribution in [1.29, 1.82) is 0 Å².